The van der Waals surface area contributed by atoms with Gasteiger partial charge in [-0.25, -0.2) is 0 Å². The van der Waals surface area contributed by atoms with E-state index in [0.717, 1.165) is 32.3 Å². The van der Waals surface area contributed by atoms with Crippen molar-refractivity contribution in [1.82, 2.24) is 0 Å². The average molecular weight is 260 g/mol. The van der Waals surface area contributed by atoms with E-state index in [0.29, 0.717) is 0 Å². The standard InChI is InChI=1S/C5H10O2.C4H5.BrH.Mg/c6-5-3-1-2-4-7-5;1-3-4-2;;/h5-6H,1-4H2;3H2,1H3;1H;/q;-1;;+2. The Hall–Kier alpha value is 0.726. The van der Waals surface area contributed by atoms with Crippen LogP contribution in [-0.2, 0) is 4.74 Å². The molecule has 1 unspecified atom stereocenters. The molecule has 0 bridgehead atoms. The molecule has 13 heavy (non-hydrogen) atoms. The zero-order valence-corrected chi connectivity index (χ0v) is 11.2. The molecule has 1 fully saturated rings. The third-order valence-electron chi connectivity index (χ3n) is 1.33. The van der Waals surface area contributed by atoms with Gasteiger partial charge in [0.2, 0.25) is 0 Å². The van der Waals surface area contributed by atoms with Crippen LogP contribution in [0.15, 0.2) is 0 Å². The molecule has 0 saturated carbocycles. The van der Waals surface area contributed by atoms with Crippen molar-refractivity contribution in [2.24, 2.45) is 0 Å². The molecule has 1 saturated heterocycles. The van der Waals surface area contributed by atoms with Gasteiger partial charge >= 0.3 is 23.1 Å². The fourth-order valence-corrected chi connectivity index (χ4v) is 0.724. The molecular weight excluding hydrogens is 244 g/mol. The van der Waals surface area contributed by atoms with E-state index < -0.39 is 6.29 Å². The predicted octanol–water partition coefficient (Wildman–Crippen LogP) is 1.69. The number of ether oxygens (including phenoxy) is 1. The molecule has 0 radical (unpaired) electrons. The fraction of sp³-hybridized carbons (Fsp3) is 0.778. The van der Waals surface area contributed by atoms with Crippen LogP contribution >= 0.6 is 17.0 Å². The van der Waals surface area contributed by atoms with E-state index in [1.807, 2.05) is 6.92 Å². The summed E-state index contributed by atoms with van der Waals surface area (Å²) in [4.78, 5) is 0. The first-order valence-electron chi connectivity index (χ1n) is 4.00. The molecular formula is C9H16BrMgO2+. The van der Waals surface area contributed by atoms with E-state index in [2.05, 4.69) is 5.92 Å². The molecule has 0 aromatic heterocycles. The Morgan fingerprint density at radius 3 is 2.23 bits per heavy atom. The quantitative estimate of drug-likeness (QED) is 0.408. The molecule has 2 nitrogen and oxygen atoms in total. The van der Waals surface area contributed by atoms with Crippen LogP contribution in [0.1, 0.15) is 32.6 Å². The first-order valence-corrected chi connectivity index (χ1v) is 4.00. The topological polar surface area (TPSA) is 29.5 Å². The summed E-state index contributed by atoms with van der Waals surface area (Å²) in [5.74, 6) is 2.18. The van der Waals surface area contributed by atoms with E-state index in [-0.39, 0.29) is 40.0 Å². The Balaban J connectivity index is -0.000000150. The summed E-state index contributed by atoms with van der Waals surface area (Å²) in [5, 5.41) is 8.69. The first-order chi connectivity index (χ1) is 5.31. The van der Waals surface area contributed by atoms with Gasteiger partial charge in [0.1, 0.15) is 0 Å². The molecule has 0 spiro atoms. The van der Waals surface area contributed by atoms with Crippen molar-refractivity contribution in [1.29, 1.82) is 0 Å². The first kappa shape index (κ1) is 19.3. The second kappa shape index (κ2) is 15.2. The fourth-order valence-electron chi connectivity index (χ4n) is 0.724. The van der Waals surface area contributed by atoms with Crippen LogP contribution in [0.25, 0.3) is 0 Å². The average Bonchev–Trinajstić information content (AvgIpc) is 2.07. The van der Waals surface area contributed by atoms with Crippen molar-refractivity contribution in [3.8, 4) is 5.92 Å². The molecule has 1 N–H and O–H groups in total. The maximum absolute atomic E-state index is 8.69. The van der Waals surface area contributed by atoms with Crippen molar-refractivity contribution < 1.29 is 9.84 Å². The molecule has 1 heterocycles. The number of aliphatic hydroxyl groups excluding tert-OH is 1. The number of rotatable bonds is 0. The summed E-state index contributed by atoms with van der Waals surface area (Å²) < 4.78 is 4.83. The summed E-state index contributed by atoms with van der Waals surface area (Å²) in [6.07, 6.45) is 9.51. The molecule has 72 valence electrons. The third-order valence-corrected chi connectivity index (χ3v) is 1.33. The van der Waals surface area contributed by atoms with Gasteiger partial charge in [0, 0.05) is 6.61 Å². The molecule has 1 aliphatic heterocycles. The number of halogens is 1. The van der Waals surface area contributed by atoms with Gasteiger partial charge in [-0.05, 0) is 25.7 Å². The Morgan fingerprint density at radius 2 is 2.08 bits per heavy atom. The Kier molecular flexibility index (Phi) is 22.6. The van der Waals surface area contributed by atoms with Gasteiger partial charge in [-0.2, -0.15) is 0 Å². The van der Waals surface area contributed by atoms with Gasteiger partial charge in [0.15, 0.2) is 6.29 Å². The Morgan fingerprint density at radius 1 is 1.54 bits per heavy atom. The molecule has 0 aromatic rings. The second-order valence-electron chi connectivity index (χ2n) is 2.35. The van der Waals surface area contributed by atoms with Crippen molar-refractivity contribution in [2.45, 2.75) is 38.9 Å². The van der Waals surface area contributed by atoms with Crippen LogP contribution in [0.5, 0.6) is 0 Å². The molecule has 0 aromatic carbocycles. The minimum Gasteiger partial charge on any atom is -0.694 e. The third kappa shape index (κ3) is 15.5. The van der Waals surface area contributed by atoms with Gasteiger partial charge in [-0.3, -0.25) is 0 Å². The van der Waals surface area contributed by atoms with Crippen molar-refractivity contribution in [3.63, 3.8) is 0 Å². The van der Waals surface area contributed by atoms with Crippen LogP contribution in [0.3, 0.4) is 0 Å². The molecule has 1 rings (SSSR count). The number of hydrogen-bond acceptors (Lipinski definition) is 2. The van der Waals surface area contributed by atoms with Crippen LogP contribution in [0.4, 0.5) is 0 Å². The SMILES string of the molecule is Br.OC1CCCCO1.[C-]#CCC.[Mg+2]. The zero-order valence-electron chi connectivity index (χ0n) is 8.08. The summed E-state index contributed by atoms with van der Waals surface area (Å²) in [6.45, 7) is 2.62. The summed E-state index contributed by atoms with van der Waals surface area (Å²) in [6, 6.07) is 0. The van der Waals surface area contributed by atoms with Crippen LogP contribution < -0.4 is 0 Å². The Bertz CT molecular complexity index is 119. The van der Waals surface area contributed by atoms with E-state index in [1.54, 1.807) is 0 Å². The number of hydrogen-bond donors (Lipinski definition) is 1. The van der Waals surface area contributed by atoms with Crippen LogP contribution in [-0.4, -0.2) is 41.1 Å². The summed E-state index contributed by atoms with van der Waals surface area (Å²) in [5.41, 5.74) is 0. The van der Waals surface area contributed by atoms with Gasteiger partial charge in [-0.1, -0.05) is 6.92 Å². The van der Waals surface area contributed by atoms with Crippen molar-refractivity contribution in [2.75, 3.05) is 6.61 Å². The van der Waals surface area contributed by atoms with E-state index >= 15 is 0 Å². The second-order valence-corrected chi connectivity index (χ2v) is 2.35. The van der Waals surface area contributed by atoms with Crippen LogP contribution in [0.2, 0.25) is 0 Å². The predicted molar refractivity (Wildman–Crippen MR) is 59.3 cm³/mol. The molecule has 1 atom stereocenters. The van der Waals surface area contributed by atoms with Gasteiger partial charge < -0.3 is 22.2 Å². The van der Waals surface area contributed by atoms with E-state index in [9.17, 15) is 0 Å². The maximum Gasteiger partial charge on any atom is 2.00 e. The molecule has 1 aliphatic rings. The van der Waals surface area contributed by atoms with Crippen LogP contribution in [0, 0.1) is 12.3 Å². The number of aliphatic hydroxyl groups is 1. The normalized spacial score (nSPS) is 19.3. The molecule has 4 heteroatoms. The van der Waals surface area contributed by atoms with Gasteiger partial charge in [0.05, 0.1) is 0 Å². The minimum atomic E-state index is -0.464. The Labute approximate surface area is 107 Å². The largest absolute Gasteiger partial charge is 2.00 e. The van der Waals surface area contributed by atoms with Gasteiger partial charge in [0.25, 0.3) is 0 Å². The van der Waals surface area contributed by atoms with Crippen molar-refractivity contribution >= 4 is 40.0 Å². The maximum atomic E-state index is 8.69. The zero-order chi connectivity index (χ0) is 8.53. The van der Waals surface area contributed by atoms with Crippen molar-refractivity contribution in [3.05, 3.63) is 6.42 Å². The molecule has 0 aliphatic carbocycles. The van der Waals surface area contributed by atoms with E-state index in [1.165, 1.54) is 0 Å². The minimum absolute atomic E-state index is 0. The smallest absolute Gasteiger partial charge is 0.694 e. The van der Waals surface area contributed by atoms with E-state index in [4.69, 9.17) is 16.3 Å². The van der Waals surface area contributed by atoms with Gasteiger partial charge in [-0.15, -0.1) is 17.0 Å². The monoisotopic (exact) mass is 259 g/mol. The summed E-state index contributed by atoms with van der Waals surface area (Å²) >= 11 is 0. The molecule has 0 amide bonds. The summed E-state index contributed by atoms with van der Waals surface area (Å²) in [7, 11) is 0.